The predicted octanol–water partition coefficient (Wildman–Crippen LogP) is 8.82. The van der Waals surface area contributed by atoms with Crippen LogP contribution in [-0.2, 0) is 16.9 Å². The standard InChI is InChI=1S/C35H35ClFN3O2S/c1-3-19-35(2,37)27-11-8-10-26(22-27)28-12-5-7-14-30(28)38-33(42)31-23-43-34(39-31)25-17-20-40(21-18-25)32(41)16-15-24-9-4-6-13-29(24)36/h3-14,19,22-23,25H,15-18,20-21H2,1-2H3,(H,38,42)/b19-3+. The molecule has 4 aromatic rings. The van der Waals surface area contributed by atoms with E-state index in [4.69, 9.17) is 11.6 Å². The summed E-state index contributed by atoms with van der Waals surface area (Å²) in [4.78, 5) is 32.7. The molecule has 1 N–H and O–H groups in total. The number of alkyl halides is 1. The lowest BCUT2D eigenvalue weighted by Gasteiger charge is -2.31. The van der Waals surface area contributed by atoms with Crippen molar-refractivity contribution in [3.05, 3.63) is 117 Å². The Hall–Kier alpha value is -3.81. The number of allylic oxidation sites excluding steroid dienone is 2. The van der Waals surface area contributed by atoms with Crippen molar-refractivity contribution < 1.29 is 14.0 Å². The molecule has 8 heteroatoms. The van der Waals surface area contributed by atoms with Gasteiger partial charge in [0.2, 0.25) is 5.91 Å². The molecule has 0 bridgehead atoms. The molecule has 0 spiro atoms. The van der Waals surface area contributed by atoms with Crippen molar-refractivity contribution in [3.63, 3.8) is 0 Å². The molecule has 2 amide bonds. The molecule has 1 unspecified atom stereocenters. The minimum atomic E-state index is -1.60. The second kappa shape index (κ2) is 13.7. The molecule has 1 atom stereocenters. The zero-order valence-corrected chi connectivity index (χ0v) is 25.9. The molecule has 222 valence electrons. The van der Waals surface area contributed by atoms with Crippen LogP contribution in [-0.4, -0.2) is 34.8 Å². The van der Waals surface area contributed by atoms with Gasteiger partial charge in [-0.25, -0.2) is 9.37 Å². The fraction of sp³-hybridized carbons (Fsp3) is 0.286. The number of likely N-dealkylation sites (tertiary alicyclic amines) is 1. The van der Waals surface area contributed by atoms with E-state index < -0.39 is 5.67 Å². The number of thiazole rings is 1. The number of amides is 2. The quantitative estimate of drug-likeness (QED) is 0.191. The number of piperidine rings is 1. The van der Waals surface area contributed by atoms with Crippen LogP contribution in [0.25, 0.3) is 11.1 Å². The van der Waals surface area contributed by atoms with Crippen LogP contribution in [0.1, 0.15) is 65.7 Å². The van der Waals surface area contributed by atoms with E-state index in [1.54, 1.807) is 24.4 Å². The van der Waals surface area contributed by atoms with Crippen LogP contribution in [0.15, 0.2) is 90.3 Å². The Kier molecular flexibility index (Phi) is 9.73. The summed E-state index contributed by atoms with van der Waals surface area (Å²) in [5, 5.41) is 6.42. The maximum Gasteiger partial charge on any atom is 0.275 e. The average Bonchev–Trinajstić information content (AvgIpc) is 3.52. The first-order chi connectivity index (χ1) is 20.7. The fourth-order valence-electron chi connectivity index (χ4n) is 5.49. The highest BCUT2D eigenvalue weighted by Gasteiger charge is 2.27. The fourth-order valence-corrected chi connectivity index (χ4v) is 6.69. The smallest absolute Gasteiger partial charge is 0.275 e. The highest BCUT2D eigenvalue weighted by Crippen LogP contribution is 2.35. The Morgan fingerprint density at radius 1 is 1.09 bits per heavy atom. The predicted molar refractivity (Wildman–Crippen MR) is 174 cm³/mol. The van der Waals surface area contributed by atoms with Crippen molar-refractivity contribution in [2.75, 3.05) is 18.4 Å². The van der Waals surface area contributed by atoms with Crippen molar-refractivity contribution in [2.24, 2.45) is 0 Å². The monoisotopic (exact) mass is 615 g/mol. The van der Waals surface area contributed by atoms with E-state index in [2.05, 4.69) is 10.3 Å². The molecule has 1 fully saturated rings. The highest BCUT2D eigenvalue weighted by atomic mass is 35.5. The third-order valence-corrected chi connectivity index (χ3v) is 9.29. The van der Waals surface area contributed by atoms with Crippen LogP contribution in [0.3, 0.4) is 0 Å². The molecule has 1 saturated heterocycles. The molecular weight excluding hydrogens is 581 g/mol. The molecule has 3 aromatic carbocycles. The Bertz CT molecular complexity index is 1620. The Morgan fingerprint density at radius 2 is 1.84 bits per heavy atom. The number of rotatable bonds is 9. The van der Waals surface area contributed by atoms with Crippen LogP contribution >= 0.6 is 22.9 Å². The van der Waals surface area contributed by atoms with Gasteiger partial charge in [-0.15, -0.1) is 11.3 Å². The van der Waals surface area contributed by atoms with E-state index in [-0.39, 0.29) is 17.7 Å². The van der Waals surface area contributed by atoms with Gasteiger partial charge in [0.25, 0.3) is 5.91 Å². The first-order valence-electron chi connectivity index (χ1n) is 14.6. The number of benzene rings is 3. The van der Waals surface area contributed by atoms with E-state index >= 15 is 4.39 Å². The number of anilines is 1. The number of aromatic nitrogens is 1. The normalized spacial score (nSPS) is 15.4. The second-order valence-corrected chi connectivity index (χ2v) is 12.3. The lowest BCUT2D eigenvalue weighted by atomic mass is 9.93. The summed E-state index contributed by atoms with van der Waals surface area (Å²) >= 11 is 7.73. The average molecular weight is 616 g/mol. The largest absolute Gasteiger partial charge is 0.343 e. The summed E-state index contributed by atoms with van der Waals surface area (Å²) in [5.74, 6) is 0.0589. The molecular formula is C35H35ClFN3O2S. The zero-order chi connectivity index (χ0) is 30.4. The molecule has 1 aromatic heterocycles. The number of hydrogen-bond donors (Lipinski definition) is 1. The SMILES string of the molecule is C/C=C/C(C)(F)c1cccc(-c2ccccc2NC(=O)c2csc(C3CCN(C(=O)CCc4ccccc4Cl)CC3)n2)c1. The zero-order valence-electron chi connectivity index (χ0n) is 24.4. The van der Waals surface area contributed by atoms with Crippen LogP contribution < -0.4 is 5.32 Å². The molecule has 43 heavy (non-hydrogen) atoms. The summed E-state index contributed by atoms with van der Waals surface area (Å²) in [6.45, 7) is 4.67. The number of hydrogen-bond acceptors (Lipinski definition) is 4. The third kappa shape index (κ3) is 7.40. The molecule has 1 aliphatic rings. The van der Waals surface area contributed by atoms with Crippen LogP contribution in [0.2, 0.25) is 5.02 Å². The third-order valence-electron chi connectivity index (χ3n) is 7.91. The van der Waals surface area contributed by atoms with Crippen molar-refractivity contribution >= 4 is 40.4 Å². The summed E-state index contributed by atoms with van der Waals surface area (Å²) in [6, 6.07) is 22.5. The van der Waals surface area contributed by atoms with Crippen molar-refractivity contribution in [1.29, 1.82) is 0 Å². The van der Waals surface area contributed by atoms with Crippen LogP contribution in [0.5, 0.6) is 0 Å². The molecule has 5 rings (SSSR count). The van der Waals surface area contributed by atoms with E-state index in [1.807, 2.05) is 71.6 Å². The number of halogens is 2. The summed E-state index contributed by atoms with van der Waals surface area (Å²) in [6.07, 6.45) is 5.92. The molecule has 0 radical (unpaired) electrons. The van der Waals surface area contributed by atoms with Crippen molar-refractivity contribution in [1.82, 2.24) is 9.88 Å². The molecule has 0 aliphatic carbocycles. The summed E-state index contributed by atoms with van der Waals surface area (Å²) in [7, 11) is 0. The molecule has 5 nitrogen and oxygen atoms in total. The van der Waals surface area contributed by atoms with E-state index in [0.29, 0.717) is 47.9 Å². The lowest BCUT2D eigenvalue weighted by molar-refractivity contribution is -0.132. The number of nitrogens with zero attached hydrogens (tertiary/aromatic N) is 2. The first-order valence-corrected chi connectivity index (χ1v) is 15.8. The molecule has 1 aliphatic heterocycles. The van der Waals surface area contributed by atoms with Crippen molar-refractivity contribution in [3.8, 4) is 11.1 Å². The van der Waals surface area contributed by atoms with Gasteiger partial charge in [0.05, 0.1) is 5.01 Å². The number of carbonyl (C=O) groups is 2. The summed E-state index contributed by atoms with van der Waals surface area (Å²) in [5.41, 5.74) is 2.55. The van der Waals surface area contributed by atoms with E-state index in [0.717, 1.165) is 34.5 Å². The number of carbonyl (C=O) groups excluding carboxylic acids is 2. The summed E-state index contributed by atoms with van der Waals surface area (Å²) < 4.78 is 15.2. The van der Waals surface area contributed by atoms with Gasteiger partial charge in [0.15, 0.2) is 5.67 Å². The van der Waals surface area contributed by atoms with Crippen LogP contribution in [0.4, 0.5) is 10.1 Å². The van der Waals surface area contributed by atoms with Crippen LogP contribution in [0, 0.1) is 0 Å². The number of para-hydroxylation sites is 1. The first kappa shape index (κ1) is 30.6. The Morgan fingerprint density at radius 3 is 2.60 bits per heavy atom. The van der Waals surface area contributed by atoms with E-state index in [9.17, 15) is 9.59 Å². The topological polar surface area (TPSA) is 62.3 Å². The van der Waals surface area contributed by atoms with Gasteiger partial charge in [0.1, 0.15) is 5.69 Å². The van der Waals surface area contributed by atoms with Gasteiger partial charge in [-0.2, -0.15) is 0 Å². The van der Waals surface area contributed by atoms with Gasteiger partial charge < -0.3 is 10.2 Å². The molecule has 2 heterocycles. The van der Waals surface area contributed by atoms with E-state index in [1.165, 1.54) is 24.3 Å². The van der Waals surface area contributed by atoms with Crippen molar-refractivity contribution in [2.45, 2.75) is 51.1 Å². The molecule has 0 saturated carbocycles. The van der Waals surface area contributed by atoms with Gasteiger partial charge in [-0.3, -0.25) is 9.59 Å². The maximum absolute atomic E-state index is 15.2. The number of nitrogens with one attached hydrogen (secondary N) is 1. The lowest BCUT2D eigenvalue weighted by Crippen LogP contribution is -2.38. The minimum Gasteiger partial charge on any atom is -0.343 e. The number of aryl methyl sites for hydroxylation is 1. The van der Waals surface area contributed by atoms with Gasteiger partial charge in [0, 0.05) is 47.1 Å². The van der Waals surface area contributed by atoms with Gasteiger partial charge >= 0.3 is 0 Å². The Balaban J connectivity index is 1.20. The van der Waals surface area contributed by atoms with Gasteiger partial charge in [-0.1, -0.05) is 72.3 Å². The maximum atomic E-state index is 15.2. The minimum absolute atomic E-state index is 0.139. The highest BCUT2D eigenvalue weighted by molar-refractivity contribution is 7.10. The van der Waals surface area contributed by atoms with Gasteiger partial charge in [-0.05, 0) is 74.1 Å². The Labute approximate surface area is 261 Å². The second-order valence-electron chi connectivity index (χ2n) is 11.0.